The molecule has 1 aromatic heterocycles. The van der Waals surface area contributed by atoms with Gasteiger partial charge in [-0.3, -0.25) is 9.69 Å². The number of rotatable bonds is 7. The number of piperidine rings is 1. The van der Waals surface area contributed by atoms with Gasteiger partial charge < -0.3 is 14.5 Å². The molecule has 1 saturated heterocycles. The van der Waals surface area contributed by atoms with E-state index in [0.717, 1.165) is 43.0 Å². The number of halogens is 3. The maximum Gasteiger partial charge on any atom is 0.258 e. The van der Waals surface area contributed by atoms with E-state index in [0.29, 0.717) is 27.4 Å². The van der Waals surface area contributed by atoms with Crippen molar-refractivity contribution in [3.63, 3.8) is 0 Å². The third kappa shape index (κ3) is 6.20. The molecule has 168 valence electrons. The number of furan rings is 1. The predicted molar refractivity (Wildman–Crippen MR) is 128 cm³/mol. The Kier molecular flexibility index (Phi) is 7.63. The lowest BCUT2D eigenvalue weighted by Gasteiger charge is -2.31. The lowest BCUT2D eigenvalue weighted by molar-refractivity contribution is -0.124. The fourth-order valence-electron chi connectivity index (χ4n) is 3.73. The lowest BCUT2D eigenvalue weighted by Crippen LogP contribution is -2.45. The van der Waals surface area contributed by atoms with Crippen molar-refractivity contribution in [2.24, 2.45) is 0 Å². The summed E-state index contributed by atoms with van der Waals surface area (Å²) in [5.74, 6) is 2.06. The smallest absolute Gasteiger partial charge is 0.258 e. The van der Waals surface area contributed by atoms with Crippen LogP contribution in [0.3, 0.4) is 0 Å². The van der Waals surface area contributed by atoms with Crippen LogP contribution < -0.4 is 10.1 Å². The highest BCUT2D eigenvalue weighted by Crippen LogP contribution is 2.32. The molecule has 32 heavy (non-hydrogen) atoms. The second-order valence-electron chi connectivity index (χ2n) is 7.75. The second kappa shape index (κ2) is 10.6. The first-order valence-corrected chi connectivity index (χ1v) is 11.5. The molecule has 1 aliphatic heterocycles. The van der Waals surface area contributed by atoms with E-state index in [2.05, 4.69) is 10.2 Å². The Bertz CT molecular complexity index is 1080. The van der Waals surface area contributed by atoms with Gasteiger partial charge in [0.2, 0.25) is 0 Å². The van der Waals surface area contributed by atoms with Crippen molar-refractivity contribution in [2.75, 3.05) is 19.7 Å². The van der Waals surface area contributed by atoms with E-state index in [1.54, 1.807) is 36.4 Å². The first kappa shape index (κ1) is 23.0. The van der Waals surface area contributed by atoms with Crippen molar-refractivity contribution in [1.29, 1.82) is 0 Å². The van der Waals surface area contributed by atoms with Crippen LogP contribution in [0.25, 0.3) is 11.3 Å². The summed E-state index contributed by atoms with van der Waals surface area (Å²) < 4.78 is 11.5. The summed E-state index contributed by atoms with van der Waals surface area (Å²) >= 11 is 18.2. The molecule has 0 radical (unpaired) electrons. The van der Waals surface area contributed by atoms with Gasteiger partial charge in [0.05, 0.1) is 11.6 Å². The maximum absolute atomic E-state index is 12.2. The summed E-state index contributed by atoms with van der Waals surface area (Å²) in [6.07, 6.45) is 1.75. The molecule has 4 rings (SSSR count). The maximum atomic E-state index is 12.2. The van der Waals surface area contributed by atoms with Crippen molar-refractivity contribution in [1.82, 2.24) is 10.2 Å². The van der Waals surface area contributed by atoms with Gasteiger partial charge in [-0.15, -0.1) is 0 Å². The summed E-state index contributed by atoms with van der Waals surface area (Å²) in [5.41, 5.74) is 0.823. The van der Waals surface area contributed by atoms with Crippen LogP contribution in [0.5, 0.6) is 5.75 Å². The van der Waals surface area contributed by atoms with Crippen LogP contribution in [0.4, 0.5) is 0 Å². The van der Waals surface area contributed by atoms with Crippen LogP contribution in [0, 0.1) is 0 Å². The Morgan fingerprint density at radius 1 is 1.03 bits per heavy atom. The molecule has 2 aromatic carbocycles. The van der Waals surface area contributed by atoms with Crippen LogP contribution in [0.15, 0.2) is 59.0 Å². The normalized spacial score (nSPS) is 15.0. The van der Waals surface area contributed by atoms with Gasteiger partial charge in [0.25, 0.3) is 5.91 Å². The zero-order valence-electron chi connectivity index (χ0n) is 17.3. The Balaban J connectivity index is 1.22. The number of likely N-dealkylation sites (tertiary alicyclic amines) is 1. The second-order valence-corrected chi connectivity index (χ2v) is 9.03. The summed E-state index contributed by atoms with van der Waals surface area (Å²) in [6, 6.07) is 16.4. The number of benzene rings is 2. The van der Waals surface area contributed by atoms with E-state index in [9.17, 15) is 4.79 Å². The Labute approximate surface area is 202 Å². The molecule has 0 atom stereocenters. The van der Waals surface area contributed by atoms with E-state index < -0.39 is 0 Å². The van der Waals surface area contributed by atoms with Gasteiger partial charge in [0.1, 0.15) is 17.3 Å². The molecule has 0 bridgehead atoms. The number of ether oxygens (including phenoxy) is 1. The van der Waals surface area contributed by atoms with Gasteiger partial charge in [-0.2, -0.15) is 0 Å². The monoisotopic (exact) mass is 492 g/mol. The van der Waals surface area contributed by atoms with Crippen LogP contribution in [0.1, 0.15) is 18.6 Å². The molecule has 1 aliphatic rings. The van der Waals surface area contributed by atoms with Gasteiger partial charge >= 0.3 is 0 Å². The number of hydrogen-bond donors (Lipinski definition) is 1. The number of carbonyl (C=O) groups excluding carboxylic acids is 1. The van der Waals surface area contributed by atoms with Crippen molar-refractivity contribution in [3.8, 4) is 17.1 Å². The number of carbonyl (C=O) groups is 1. The first-order valence-electron chi connectivity index (χ1n) is 10.4. The highest BCUT2D eigenvalue weighted by atomic mass is 35.5. The minimum Gasteiger partial charge on any atom is -0.484 e. The van der Waals surface area contributed by atoms with Crippen LogP contribution in [0.2, 0.25) is 15.1 Å². The zero-order valence-corrected chi connectivity index (χ0v) is 19.6. The molecule has 5 nitrogen and oxygen atoms in total. The molecular formula is C24H23Cl3N2O3. The molecule has 1 amide bonds. The summed E-state index contributed by atoms with van der Waals surface area (Å²) in [7, 11) is 0. The predicted octanol–water partition coefficient (Wildman–Crippen LogP) is 6.07. The molecular weight excluding hydrogens is 471 g/mol. The average Bonchev–Trinajstić information content (AvgIpc) is 3.22. The highest BCUT2D eigenvalue weighted by Gasteiger charge is 2.22. The fraction of sp³-hybridized carbons (Fsp3) is 0.292. The van der Waals surface area contributed by atoms with E-state index in [4.69, 9.17) is 44.0 Å². The third-order valence-corrected chi connectivity index (χ3v) is 6.14. The highest BCUT2D eigenvalue weighted by molar-refractivity contribution is 6.36. The summed E-state index contributed by atoms with van der Waals surface area (Å²) in [4.78, 5) is 14.5. The van der Waals surface area contributed by atoms with E-state index in [1.165, 1.54) is 0 Å². The molecule has 1 fully saturated rings. The third-order valence-electron chi connectivity index (χ3n) is 5.36. The Morgan fingerprint density at radius 3 is 2.56 bits per heavy atom. The van der Waals surface area contributed by atoms with Crippen molar-refractivity contribution in [3.05, 3.63) is 75.4 Å². The van der Waals surface area contributed by atoms with Crippen LogP contribution in [-0.2, 0) is 11.3 Å². The lowest BCUT2D eigenvalue weighted by atomic mass is 10.0. The fourth-order valence-corrected chi connectivity index (χ4v) is 4.41. The molecule has 0 spiro atoms. The van der Waals surface area contributed by atoms with Crippen LogP contribution >= 0.6 is 34.8 Å². The number of hydrogen-bond acceptors (Lipinski definition) is 4. The molecule has 0 aliphatic carbocycles. The molecule has 1 N–H and O–H groups in total. The van der Waals surface area contributed by atoms with Gasteiger partial charge in [0.15, 0.2) is 6.61 Å². The average molecular weight is 494 g/mol. The zero-order chi connectivity index (χ0) is 22.5. The molecule has 3 aromatic rings. The van der Waals surface area contributed by atoms with Gasteiger partial charge in [-0.25, -0.2) is 0 Å². The molecule has 0 saturated carbocycles. The van der Waals surface area contributed by atoms with Crippen LogP contribution in [-0.4, -0.2) is 36.5 Å². The standard InChI is InChI=1S/C24H23Cl3N2O3/c25-16-2-1-3-19(12-16)31-15-24(30)28-18-8-10-29(11-9-18)14-20-5-7-23(32-20)21-6-4-17(26)13-22(21)27/h1-7,12-13,18H,8-11,14-15H2,(H,28,30). The SMILES string of the molecule is O=C(COc1cccc(Cl)c1)NC1CCN(Cc2ccc(-c3ccc(Cl)cc3Cl)o2)CC1. The topological polar surface area (TPSA) is 54.7 Å². The number of amides is 1. The summed E-state index contributed by atoms with van der Waals surface area (Å²) in [6.45, 7) is 2.43. The summed E-state index contributed by atoms with van der Waals surface area (Å²) in [5, 5.41) is 4.79. The quantitative estimate of drug-likeness (QED) is 0.434. The number of nitrogens with one attached hydrogen (secondary N) is 1. The molecule has 2 heterocycles. The number of nitrogens with zero attached hydrogens (tertiary/aromatic N) is 1. The van der Waals surface area contributed by atoms with Gasteiger partial charge in [-0.1, -0.05) is 40.9 Å². The van der Waals surface area contributed by atoms with Crippen molar-refractivity contribution < 1.29 is 13.9 Å². The molecule has 8 heteroatoms. The Morgan fingerprint density at radius 2 is 1.81 bits per heavy atom. The van der Waals surface area contributed by atoms with E-state index in [-0.39, 0.29) is 18.6 Å². The van der Waals surface area contributed by atoms with Gasteiger partial charge in [-0.05, 0) is 61.4 Å². The van der Waals surface area contributed by atoms with E-state index >= 15 is 0 Å². The largest absolute Gasteiger partial charge is 0.484 e. The Hall–Kier alpha value is -2.18. The van der Waals surface area contributed by atoms with Crippen molar-refractivity contribution >= 4 is 40.7 Å². The van der Waals surface area contributed by atoms with E-state index in [1.807, 2.05) is 18.2 Å². The molecule has 0 unspecified atom stereocenters. The minimum atomic E-state index is -0.126. The first-order chi connectivity index (χ1) is 15.5. The van der Waals surface area contributed by atoms with Crippen molar-refractivity contribution in [2.45, 2.75) is 25.4 Å². The minimum absolute atomic E-state index is 0.0248. The van der Waals surface area contributed by atoms with Gasteiger partial charge in [0, 0.05) is 34.7 Å².